The van der Waals surface area contributed by atoms with Gasteiger partial charge in [0.25, 0.3) is 5.91 Å². The first-order chi connectivity index (χ1) is 10.8. The van der Waals surface area contributed by atoms with Gasteiger partial charge < -0.3 is 10.1 Å². The number of halogens is 3. The van der Waals surface area contributed by atoms with E-state index in [4.69, 9.17) is 4.74 Å². The number of aryl methyl sites for hydroxylation is 1. The molecule has 0 aliphatic rings. The van der Waals surface area contributed by atoms with E-state index >= 15 is 0 Å². The summed E-state index contributed by atoms with van der Waals surface area (Å²) in [5, 5.41) is 2.43. The fourth-order valence-corrected chi connectivity index (χ4v) is 1.96. The summed E-state index contributed by atoms with van der Waals surface area (Å²) < 4.78 is 43.4. The molecule has 2 aromatic carbocycles. The Labute approximate surface area is 132 Å². The molecule has 0 heterocycles. The van der Waals surface area contributed by atoms with E-state index in [1.54, 1.807) is 18.2 Å². The van der Waals surface area contributed by atoms with Crippen molar-refractivity contribution in [1.82, 2.24) is 0 Å². The third kappa shape index (κ3) is 4.74. The SMILES string of the molecule is Cc1cccc(O[C@@H](C)C(=O)Nc2cccc(C(F)(F)F)c2)c1. The Morgan fingerprint density at radius 1 is 1.13 bits per heavy atom. The van der Waals surface area contributed by atoms with Gasteiger partial charge in [-0.05, 0) is 49.7 Å². The number of carbonyl (C=O) groups is 1. The number of anilines is 1. The van der Waals surface area contributed by atoms with Crippen LogP contribution in [-0.4, -0.2) is 12.0 Å². The van der Waals surface area contributed by atoms with E-state index < -0.39 is 23.8 Å². The third-order valence-electron chi connectivity index (χ3n) is 3.13. The number of hydrogen-bond acceptors (Lipinski definition) is 2. The predicted molar refractivity (Wildman–Crippen MR) is 81.3 cm³/mol. The first-order valence-electron chi connectivity index (χ1n) is 6.97. The van der Waals surface area contributed by atoms with Crippen LogP contribution in [0.1, 0.15) is 18.1 Å². The number of hydrogen-bond donors (Lipinski definition) is 1. The second-order valence-corrected chi connectivity index (χ2v) is 5.14. The Balaban J connectivity index is 2.04. The number of benzene rings is 2. The van der Waals surface area contributed by atoms with E-state index in [-0.39, 0.29) is 5.69 Å². The van der Waals surface area contributed by atoms with Crippen molar-refractivity contribution in [2.75, 3.05) is 5.32 Å². The summed E-state index contributed by atoms with van der Waals surface area (Å²) in [7, 11) is 0. The van der Waals surface area contributed by atoms with Crippen molar-refractivity contribution >= 4 is 11.6 Å². The van der Waals surface area contributed by atoms with Gasteiger partial charge >= 0.3 is 6.18 Å². The van der Waals surface area contributed by atoms with Gasteiger partial charge in [0.2, 0.25) is 0 Å². The standard InChI is InChI=1S/C17H16F3NO2/c1-11-5-3-8-15(9-11)23-12(2)16(22)21-14-7-4-6-13(10-14)17(18,19)20/h3-10,12H,1-2H3,(H,21,22)/t12-/m0/s1. The molecule has 0 radical (unpaired) electrons. The Morgan fingerprint density at radius 2 is 1.83 bits per heavy atom. The smallest absolute Gasteiger partial charge is 0.416 e. The van der Waals surface area contributed by atoms with Crippen molar-refractivity contribution in [1.29, 1.82) is 0 Å². The lowest BCUT2D eigenvalue weighted by atomic mass is 10.2. The second-order valence-electron chi connectivity index (χ2n) is 5.14. The van der Waals surface area contributed by atoms with Gasteiger partial charge in [0.1, 0.15) is 5.75 Å². The van der Waals surface area contributed by atoms with E-state index in [2.05, 4.69) is 5.32 Å². The maximum Gasteiger partial charge on any atom is 0.416 e. The van der Waals surface area contributed by atoms with Gasteiger partial charge in [-0.2, -0.15) is 13.2 Å². The molecule has 122 valence electrons. The maximum absolute atomic E-state index is 12.7. The van der Waals surface area contributed by atoms with Crippen molar-refractivity contribution in [3.63, 3.8) is 0 Å². The average Bonchev–Trinajstić information content (AvgIpc) is 2.46. The normalized spacial score (nSPS) is 12.6. The van der Waals surface area contributed by atoms with Crippen LogP contribution in [0.3, 0.4) is 0 Å². The summed E-state index contributed by atoms with van der Waals surface area (Å²) in [4.78, 5) is 12.0. The molecule has 1 amide bonds. The molecule has 0 aliphatic carbocycles. The highest BCUT2D eigenvalue weighted by molar-refractivity contribution is 5.94. The molecule has 0 unspecified atom stereocenters. The summed E-state index contributed by atoms with van der Waals surface area (Å²) in [5.41, 5.74) is 0.236. The van der Waals surface area contributed by atoms with E-state index in [0.717, 1.165) is 17.7 Å². The van der Waals surface area contributed by atoms with Crippen LogP contribution < -0.4 is 10.1 Å². The lowest BCUT2D eigenvalue weighted by Crippen LogP contribution is -2.30. The van der Waals surface area contributed by atoms with Gasteiger partial charge in [-0.3, -0.25) is 4.79 Å². The molecule has 3 nitrogen and oxygen atoms in total. The van der Waals surface area contributed by atoms with E-state index in [0.29, 0.717) is 5.75 Å². The topological polar surface area (TPSA) is 38.3 Å². The molecule has 0 spiro atoms. The average molecular weight is 323 g/mol. The second kappa shape index (κ2) is 6.73. The zero-order valence-electron chi connectivity index (χ0n) is 12.6. The minimum atomic E-state index is -4.45. The first-order valence-corrected chi connectivity index (χ1v) is 6.97. The van der Waals surface area contributed by atoms with Gasteiger partial charge in [0.15, 0.2) is 6.10 Å². The van der Waals surface area contributed by atoms with Crippen LogP contribution in [0, 0.1) is 6.92 Å². The van der Waals surface area contributed by atoms with Gasteiger partial charge in [-0.25, -0.2) is 0 Å². The summed E-state index contributed by atoms with van der Waals surface area (Å²) in [5.74, 6) is 0.00234. The van der Waals surface area contributed by atoms with Crippen LogP contribution in [0.2, 0.25) is 0 Å². The molecule has 1 N–H and O–H groups in total. The lowest BCUT2D eigenvalue weighted by Gasteiger charge is -2.16. The number of nitrogens with one attached hydrogen (secondary N) is 1. The highest BCUT2D eigenvalue weighted by atomic mass is 19.4. The van der Waals surface area contributed by atoms with Crippen LogP contribution in [-0.2, 0) is 11.0 Å². The molecule has 1 atom stereocenters. The minimum Gasteiger partial charge on any atom is -0.481 e. The van der Waals surface area contributed by atoms with Gasteiger partial charge in [0, 0.05) is 5.69 Å². The summed E-state index contributed by atoms with van der Waals surface area (Å²) in [6, 6.07) is 11.6. The zero-order valence-corrected chi connectivity index (χ0v) is 12.6. The van der Waals surface area contributed by atoms with Crippen LogP contribution in [0.15, 0.2) is 48.5 Å². The van der Waals surface area contributed by atoms with Crippen LogP contribution in [0.4, 0.5) is 18.9 Å². The molecule has 0 aliphatic heterocycles. The van der Waals surface area contributed by atoms with Crippen molar-refractivity contribution in [2.24, 2.45) is 0 Å². The molecular weight excluding hydrogens is 307 g/mol. The van der Waals surface area contributed by atoms with Crippen LogP contribution in [0.5, 0.6) is 5.75 Å². The van der Waals surface area contributed by atoms with Crippen molar-refractivity contribution in [3.05, 3.63) is 59.7 Å². The zero-order chi connectivity index (χ0) is 17.0. The number of carbonyl (C=O) groups excluding carboxylic acids is 1. The Bertz CT molecular complexity index is 698. The lowest BCUT2D eigenvalue weighted by molar-refractivity contribution is -0.137. The summed E-state index contributed by atoms with van der Waals surface area (Å²) in [6.45, 7) is 3.42. The van der Waals surface area contributed by atoms with E-state index in [1.807, 2.05) is 13.0 Å². The highest BCUT2D eigenvalue weighted by Gasteiger charge is 2.30. The third-order valence-corrected chi connectivity index (χ3v) is 3.13. The number of rotatable bonds is 4. The van der Waals surface area contributed by atoms with Crippen LogP contribution in [0.25, 0.3) is 0 Å². The molecule has 0 bridgehead atoms. The van der Waals surface area contributed by atoms with E-state index in [9.17, 15) is 18.0 Å². The molecule has 23 heavy (non-hydrogen) atoms. The van der Waals surface area contributed by atoms with Gasteiger partial charge in [-0.15, -0.1) is 0 Å². The van der Waals surface area contributed by atoms with Crippen molar-refractivity contribution in [3.8, 4) is 5.75 Å². The quantitative estimate of drug-likeness (QED) is 0.904. The van der Waals surface area contributed by atoms with Crippen molar-refractivity contribution in [2.45, 2.75) is 26.1 Å². The monoisotopic (exact) mass is 323 g/mol. The fraction of sp³-hybridized carbons (Fsp3) is 0.235. The number of alkyl halides is 3. The van der Waals surface area contributed by atoms with Crippen LogP contribution >= 0.6 is 0 Å². The largest absolute Gasteiger partial charge is 0.481 e. The fourth-order valence-electron chi connectivity index (χ4n) is 1.96. The molecule has 0 saturated heterocycles. The first kappa shape index (κ1) is 16.9. The molecule has 2 aromatic rings. The molecule has 6 heteroatoms. The Kier molecular flexibility index (Phi) is 4.93. The molecule has 2 rings (SSSR count). The number of amides is 1. The maximum atomic E-state index is 12.7. The predicted octanol–water partition coefficient (Wildman–Crippen LogP) is 4.42. The number of ether oxygens (including phenoxy) is 1. The van der Waals surface area contributed by atoms with Crippen molar-refractivity contribution < 1.29 is 22.7 Å². The highest BCUT2D eigenvalue weighted by Crippen LogP contribution is 2.30. The Hall–Kier alpha value is -2.50. The molecule has 0 aromatic heterocycles. The Morgan fingerprint density at radius 3 is 2.48 bits per heavy atom. The summed E-state index contributed by atoms with van der Waals surface area (Å²) >= 11 is 0. The molecule has 0 saturated carbocycles. The van der Waals surface area contributed by atoms with Gasteiger partial charge in [-0.1, -0.05) is 18.2 Å². The van der Waals surface area contributed by atoms with E-state index in [1.165, 1.54) is 19.1 Å². The molecular formula is C17H16F3NO2. The van der Waals surface area contributed by atoms with Gasteiger partial charge in [0.05, 0.1) is 5.56 Å². The molecule has 0 fully saturated rings. The summed E-state index contributed by atoms with van der Waals surface area (Å²) in [6.07, 6.45) is -5.30. The minimum absolute atomic E-state index is 0.0736.